The zero-order valence-electron chi connectivity index (χ0n) is 20.2. The molecule has 0 aromatic heterocycles. The Morgan fingerprint density at radius 1 is 0.967 bits per heavy atom. The minimum atomic E-state index is -0.481. The van der Waals surface area contributed by atoms with Crippen LogP contribution in [0.1, 0.15) is 92.9 Å². The SMILES string of the molecule is CC(C)COC(=O)COC(=O)[C@]1(C)CCC[C@@]2(C)C1CCC1CC(C(C)C)CC[C@@H]12. The van der Waals surface area contributed by atoms with Crippen molar-refractivity contribution in [2.45, 2.75) is 92.9 Å². The largest absolute Gasteiger partial charge is 0.463 e. The average molecular weight is 421 g/mol. The minimum Gasteiger partial charge on any atom is -0.463 e. The first kappa shape index (κ1) is 23.6. The monoisotopic (exact) mass is 420 g/mol. The van der Waals surface area contributed by atoms with Crippen molar-refractivity contribution in [1.82, 2.24) is 0 Å². The number of hydrogen-bond donors (Lipinski definition) is 0. The molecule has 0 radical (unpaired) electrons. The molecule has 0 heterocycles. The lowest BCUT2D eigenvalue weighted by molar-refractivity contribution is -0.183. The number of esters is 2. The number of rotatable bonds is 6. The number of carbonyl (C=O) groups is 2. The molecule has 0 aromatic carbocycles. The highest BCUT2D eigenvalue weighted by atomic mass is 16.6. The van der Waals surface area contributed by atoms with E-state index in [1.54, 1.807) is 0 Å². The van der Waals surface area contributed by atoms with Gasteiger partial charge in [0.1, 0.15) is 0 Å². The summed E-state index contributed by atoms with van der Waals surface area (Å²) >= 11 is 0. The van der Waals surface area contributed by atoms with Crippen molar-refractivity contribution in [3.8, 4) is 0 Å². The van der Waals surface area contributed by atoms with Crippen molar-refractivity contribution in [2.24, 2.45) is 46.3 Å². The molecule has 3 aliphatic carbocycles. The van der Waals surface area contributed by atoms with Gasteiger partial charge in [0.05, 0.1) is 12.0 Å². The van der Waals surface area contributed by atoms with Crippen LogP contribution in [0, 0.1) is 46.3 Å². The van der Waals surface area contributed by atoms with Crippen LogP contribution in [-0.4, -0.2) is 25.2 Å². The van der Waals surface area contributed by atoms with E-state index in [4.69, 9.17) is 9.47 Å². The molecule has 4 nitrogen and oxygen atoms in total. The first-order chi connectivity index (χ1) is 14.1. The van der Waals surface area contributed by atoms with Crippen LogP contribution in [0.5, 0.6) is 0 Å². The lowest BCUT2D eigenvalue weighted by Gasteiger charge is -2.61. The van der Waals surface area contributed by atoms with Crippen LogP contribution in [0.4, 0.5) is 0 Å². The zero-order chi connectivity index (χ0) is 22.1. The van der Waals surface area contributed by atoms with Gasteiger partial charge in [-0.05, 0) is 92.8 Å². The van der Waals surface area contributed by atoms with Crippen LogP contribution < -0.4 is 0 Å². The summed E-state index contributed by atoms with van der Waals surface area (Å²) in [6.45, 7) is 13.4. The molecule has 0 saturated heterocycles. The Morgan fingerprint density at radius 3 is 2.37 bits per heavy atom. The van der Waals surface area contributed by atoms with E-state index in [-0.39, 0.29) is 23.9 Å². The summed E-state index contributed by atoms with van der Waals surface area (Å²) in [7, 11) is 0. The molecule has 0 aromatic rings. The molecule has 3 unspecified atom stereocenters. The summed E-state index contributed by atoms with van der Waals surface area (Å²) in [6.07, 6.45) is 9.56. The predicted molar refractivity (Wildman–Crippen MR) is 119 cm³/mol. The molecule has 4 heteroatoms. The van der Waals surface area contributed by atoms with Gasteiger partial charge in [-0.15, -0.1) is 0 Å². The number of ether oxygens (including phenoxy) is 2. The van der Waals surface area contributed by atoms with Crippen LogP contribution in [0.25, 0.3) is 0 Å². The standard InChI is InChI=1S/C26H44O4/c1-17(2)15-29-23(27)16-30-24(28)26(6)13-7-12-25(5)21-10-8-19(18(3)4)14-20(21)9-11-22(25)26/h17-22H,7-16H2,1-6H3/t19?,20?,21-,22?,25+,26+/m0/s1. The topological polar surface area (TPSA) is 52.6 Å². The Bertz CT molecular complexity index is 627. The van der Waals surface area contributed by atoms with E-state index in [1.165, 1.54) is 32.1 Å². The van der Waals surface area contributed by atoms with E-state index in [9.17, 15) is 9.59 Å². The molecule has 3 fully saturated rings. The van der Waals surface area contributed by atoms with Crippen LogP contribution in [-0.2, 0) is 19.1 Å². The van der Waals surface area contributed by atoms with Crippen molar-refractivity contribution in [1.29, 1.82) is 0 Å². The van der Waals surface area contributed by atoms with Gasteiger partial charge in [-0.1, -0.05) is 41.0 Å². The molecule has 3 rings (SSSR count). The second-order valence-corrected chi connectivity index (χ2v) is 11.7. The summed E-state index contributed by atoms with van der Waals surface area (Å²) in [4.78, 5) is 25.2. The second-order valence-electron chi connectivity index (χ2n) is 11.7. The fourth-order valence-corrected chi connectivity index (χ4v) is 7.31. The number of fused-ring (bicyclic) bond motifs is 3. The van der Waals surface area contributed by atoms with E-state index in [2.05, 4.69) is 27.7 Å². The molecule has 0 aliphatic heterocycles. The molecular weight excluding hydrogens is 376 g/mol. The van der Waals surface area contributed by atoms with Gasteiger partial charge >= 0.3 is 11.9 Å². The van der Waals surface area contributed by atoms with Crippen molar-refractivity contribution >= 4 is 11.9 Å². The lowest BCUT2D eigenvalue weighted by atomic mass is 9.43. The molecule has 172 valence electrons. The summed E-state index contributed by atoms with van der Waals surface area (Å²) in [6, 6.07) is 0. The van der Waals surface area contributed by atoms with Crippen LogP contribution in [0.3, 0.4) is 0 Å². The Labute approximate surface area is 183 Å². The molecular formula is C26H44O4. The van der Waals surface area contributed by atoms with Gasteiger partial charge in [0.25, 0.3) is 0 Å². The predicted octanol–water partition coefficient (Wildman–Crippen LogP) is 6.02. The van der Waals surface area contributed by atoms with Crippen molar-refractivity contribution in [3.05, 3.63) is 0 Å². The molecule has 0 N–H and O–H groups in total. The van der Waals surface area contributed by atoms with Crippen molar-refractivity contribution in [3.63, 3.8) is 0 Å². The van der Waals surface area contributed by atoms with Gasteiger partial charge in [0.2, 0.25) is 0 Å². The zero-order valence-corrected chi connectivity index (χ0v) is 20.2. The van der Waals surface area contributed by atoms with Crippen LogP contribution in [0.15, 0.2) is 0 Å². The third-order valence-corrected chi connectivity index (χ3v) is 8.98. The van der Waals surface area contributed by atoms with E-state index in [1.807, 2.05) is 13.8 Å². The van der Waals surface area contributed by atoms with Crippen LogP contribution >= 0.6 is 0 Å². The third kappa shape index (κ3) is 4.58. The average Bonchev–Trinajstić information content (AvgIpc) is 2.69. The molecule has 3 aliphatic rings. The molecule has 6 atom stereocenters. The normalized spacial score (nSPS) is 38.7. The summed E-state index contributed by atoms with van der Waals surface area (Å²) < 4.78 is 10.7. The van der Waals surface area contributed by atoms with Crippen LogP contribution in [0.2, 0.25) is 0 Å². The van der Waals surface area contributed by atoms with E-state index >= 15 is 0 Å². The summed E-state index contributed by atoms with van der Waals surface area (Å²) in [5.41, 5.74) is -0.264. The fraction of sp³-hybridized carbons (Fsp3) is 0.923. The lowest BCUT2D eigenvalue weighted by Crippen LogP contribution is -2.56. The Morgan fingerprint density at radius 2 is 1.70 bits per heavy atom. The molecule has 0 bridgehead atoms. The highest BCUT2D eigenvalue weighted by molar-refractivity contribution is 5.80. The van der Waals surface area contributed by atoms with Crippen molar-refractivity contribution in [2.75, 3.05) is 13.2 Å². The minimum absolute atomic E-state index is 0.186. The molecule has 3 saturated carbocycles. The number of hydrogen-bond acceptors (Lipinski definition) is 4. The van der Waals surface area contributed by atoms with Crippen molar-refractivity contribution < 1.29 is 19.1 Å². The number of carbonyl (C=O) groups excluding carboxylic acids is 2. The van der Waals surface area contributed by atoms with E-state index in [0.717, 1.165) is 42.9 Å². The highest BCUT2D eigenvalue weighted by Crippen LogP contribution is 2.64. The maximum Gasteiger partial charge on any atom is 0.344 e. The quantitative estimate of drug-likeness (QED) is 0.493. The Hall–Kier alpha value is -1.06. The molecule has 0 spiro atoms. The highest BCUT2D eigenvalue weighted by Gasteiger charge is 2.59. The smallest absolute Gasteiger partial charge is 0.344 e. The summed E-state index contributed by atoms with van der Waals surface area (Å²) in [5.74, 6) is 3.20. The van der Waals surface area contributed by atoms with E-state index in [0.29, 0.717) is 12.5 Å². The van der Waals surface area contributed by atoms with Gasteiger partial charge in [-0.3, -0.25) is 4.79 Å². The fourth-order valence-electron chi connectivity index (χ4n) is 7.31. The summed E-state index contributed by atoms with van der Waals surface area (Å²) in [5, 5.41) is 0. The Kier molecular flexibility index (Phi) is 7.24. The third-order valence-electron chi connectivity index (χ3n) is 8.98. The molecule has 30 heavy (non-hydrogen) atoms. The first-order valence-corrected chi connectivity index (χ1v) is 12.4. The van der Waals surface area contributed by atoms with Gasteiger partial charge in [-0.2, -0.15) is 0 Å². The Balaban J connectivity index is 1.67. The van der Waals surface area contributed by atoms with Gasteiger partial charge < -0.3 is 9.47 Å². The van der Waals surface area contributed by atoms with Gasteiger partial charge in [-0.25, -0.2) is 4.79 Å². The first-order valence-electron chi connectivity index (χ1n) is 12.4. The molecule has 0 amide bonds. The second kappa shape index (κ2) is 9.20. The maximum absolute atomic E-state index is 13.2. The van der Waals surface area contributed by atoms with Gasteiger partial charge in [0.15, 0.2) is 6.61 Å². The van der Waals surface area contributed by atoms with E-state index < -0.39 is 11.4 Å². The maximum atomic E-state index is 13.2. The van der Waals surface area contributed by atoms with Gasteiger partial charge in [0, 0.05) is 0 Å².